The molecule has 0 bridgehead atoms. The van der Waals surface area contributed by atoms with Crippen molar-refractivity contribution in [3.05, 3.63) is 24.2 Å². The van der Waals surface area contributed by atoms with Crippen LogP contribution in [0.15, 0.2) is 23.0 Å². The first-order chi connectivity index (χ1) is 7.65. The van der Waals surface area contributed by atoms with Crippen LogP contribution in [0.2, 0.25) is 0 Å². The summed E-state index contributed by atoms with van der Waals surface area (Å²) in [6, 6.07) is 3.03. The zero-order valence-electron chi connectivity index (χ0n) is 10.9. The second-order valence-corrected chi connectivity index (χ2v) is 4.47. The van der Waals surface area contributed by atoms with E-state index in [0.29, 0.717) is 12.1 Å². The van der Waals surface area contributed by atoms with Crippen LogP contribution < -0.4 is 5.32 Å². The van der Waals surface area contributed by atoms with Crippen LogP contribution in [0.25, 0.3) is 0 Å². The molecule has 1 aromatic heterocycles. The van der Waals surface area contributed by atoms with Gasteiger partial charge in [-0.05, 0) is 33.4 Å². The average Bonchev–Trinajstić information content (AvgIpc) is 2.81. The molecule has 0 saturated carbocycles. The Morgan fingerprint density at radius 2 is 2.19 bits per heavy atom. The summed E-state index contributed by atoms with van der Waals surface area (Å²) in [5, 5.41) is 3.49. The molecule has 0 aliphatic heterocycles. The van der Waals surface area contributed by atoms with Gasteiger partial charge in [-0.15, -0.1) is 0 Å². The van der Waals surface area contributed by atoms with Gasteiger partial charge in [0.1, 0.15) is 0 Å². The smallest absolute Gasteiger partial charge is 0.0950 e. The highest BCUT2D eigenvalue weighted by molar-refractivity contribution is 5.10. The molecule has 92 valence electrons. The molecular weight excluding hydrogens is 200 g/mol. The molecule has 16 heavy (non-hydrogen) atoms. The van der Waals surface area contributed by atoms with E-state index in [9.17, 15) is 0 Å². The first-order valence-corrected chi connectivity index (χ1v) is 6.10. The maximum atomic E-state index is 5.07. The summed E-state index contributed by atoms with van der Waals surface area (Å²) in [6.07, 6.45) is 4.72. The van der Waals surface area contributed by atoms with Crippen molar-refractivity contribution >= 4 is 0 Å². The molecule has 1 N–H and O–H groups in total. The van der Waals surface area contributed by atoms with Crippen molar-refractivity contribution in [2.45, 2.75) is 39.3 Å². The molecule has 2 atom stereocenters. The van der Waals surface area contributed by atoms with Crippen molar-refractivity contribution in [2.75, 3.05) is 20.1 Å². The van der Waals surface area contributed by atoms with Crippen LogP contribution in [-0.2, 0) is 0 Å². The summed E-state index contributed by atoms with van der Waals surface area (Å²) >= 11 is 0. The zero-order chi connectivity index (χ0) is 12.0. The summed E-state index contributed by atoms with van der Waals surface area (Å²) in [5.74, 6) is 0. The molecule has 2 unspecified atom stereocenters. The summed E-state index contributed by atoms with van der Waals surface area (Å²) in [5.41, 5.74) is 1.21. The van der Waals surface area contributed by atoms with E-state index in [4.69, 9.17) is 4.42 Å². The van der Waals surface area contributed by atoms with Gasteiger partial charge in [-0.25, -0.2) is 0 Å². The van der Waals surface area contributed by atoms with E-state index in [0.717, 1.165) is 13.1 Å². The van der Waals surface area contributed by atoms with Crippen LogP contribution in [0, 0.1) is 0 Å². The van der Waals surface area contributed by atoms with Crippen molar-refractivity contribution in [2.24, 2.45) is 0 Å². The van der Waals surface area contributed by atoms with Crippen molar-refractivity contribution in [3.63, 3.8) is 0 Å². The minimum atomic E-state index is 0.365. The lowest BCUT2D eigenvalue weighted by atomic mass is 10.2. The first-order valence-electron chi connectivity index (χ1n) is 6.10. The molecule has 1 heterocycles. The number of hydrogen-bond acceptors (Lipinski definition) is 3. The van der Waals surface area contributed by atoms with Gasteiger partial charge >= 0.3 is 0 Å². The Morgan fingerprint density at radius 1 is 1.44 bits per heavy atom. The molecule has 0 aliphatic carbocycles. The van der Waals surface area contributed by atoms with E-state index in [1.807, 2.05) is 6.07 Å². The first kappa shape index (κ1) is 13.3. The van der Waals surface area contributed by atoms with E-state index in [2.05, 4.69) is 38.0 Å². The molecule has 0 radical (unpaired) electrons. The highest BCUT2D eigenvalue weighted by atomic mass is 16.3. The third kappa shape index (κ3) is 3.99. The van der Waals surface area contributed by atoms with Crippen LogP contribution in [0.5, 0.6) is 0 Å². The van der Waals surface area contributed by atoms with Gasteiger partial charge in [0, 0.05) is 30.7 Å². The Balaban J connectivity index is 2.20. The van der Waals surface area contributed by atoms with Gasteiger partial charge < -0.3 is 14.6 Å². The Labute approximate surface area is 98.8 Å². The van der Waals surface area contributed by atoms with Gasteiger partial charge in [0.05, 0.1) is 12.5 Å². The predicted molar refractivity (Wildman–Crippen MR) is 67.5 cm³/mol. The highest BCUT2D eigenvalue weighted by Crippen LogP contribution is 2.11. The van der Waals surface area contributed by atoms with Crippen molar-refractivity contribution < 1.29 is 4.42 Å². The van der Waals surface area contributed by atoms with E-state index in [-0.39, 0.29) is 0 Å². The Hall–Kier alpha value is -0.800. The second-order valence-electron chi connectivity index (χ2n) is 4.47. The fourth-order valence-corrected chi connectivity index (χ4v) is 1.63. The normalized spacial score (nSPS) is 15.3. The summed E-state index contributed by atoms with van der Waals surface area (Å²) < 4.78 is 5.07. The van der Waals surface area contributed by atoms with Crippen molar-refractivity contribution in [1.82, 2.24) is 10.2 Å². The van der Waals surface area contributed by atoms with Crippen LogP contribution in [0.1, 0.15) is 38.8 Å². The van der Waals surface area contributed by atoms with Gasteiger partial charge in [-0.1, -0.05) is 6.92 Å². The number of furan rings is 1. The fraction of sp³-hybridized carbons (Fsp3) is 0.692. The molecule has 0 aliphatic rings. The SMILES string of the molecule is CCC(C)N(C)CCNC(C)c1ccoc1. The van der Waals surface area contributed by atoms with Crippen molar-refractivity contribution in [3.8, 4) is 0 Å². The summed E-state index contributed by atoms with van der Waals surface area (Å²) in [4.78, 5) is 2.38. The molecule has 0 fully saturated rings. The topological polar surface area (TPSA) is 28.4 Å². The second kappa shape index (κ2) is 6.71. The fourth-order valence-electron chi connectivity index (χ4n) is 1.63. The predicted octanol–water partition coefficient (Wildman–Crippen LogP) is 2.66. The zero-order valence-corrected chi connectivity index (χ0v) is 10.9. The molecule has 0 saturated heterocycles. The van der Waals surface area contributed by atoms with Crippen LogP contribution >= 0.6 is 0 Å². The molecule has 0 spiro atoms. The number of nitrogens with zero attached hydrogens (tertiary/aromatic N) is 1. The largest absolute Gasteiger partial charge is 0.472 e. The van der Waals surface area contributed by atoms with Crippen molar-refractivity contribution in [1.29, 1.82) is 0 Å². The molecule has 3 heteroatoms. The Bertz CT molecular complexity index is 271. The van der Waals surface area contributed by atoms with E-state index in [1.54, 1.807) is 12.5 Å². The summed E-state index contributed by atoms with van der Waals surface area (Å²) in [6.45, 7) is 8.74. The van der Waals surface area contributed by atoms with E-state index >= 15 is 0 Å². The minimum absolute atomic E-state index is 0.365. The maximum Gasteiger partial charge on any atom is 0.0950 e. The van der Waals surface area contributed by atoms with Gasteiger partial charge in [0.25, 0.3) is 0 Å². The quantitative estimate of drug-likeness (QED) is 0.772. The number of nitrogens with one attached hydrogen (secondary N) is 1. The Kier molecular flexibility index (Phi) is 5.56. The third-order valence-corrected chi connectivity index (χ3v) is 3.30. The highest BCUT2D eigenvalue weighted by Gasteiger charge is 2.08. The Morgan fingerprint density at radius 3 is 2.75 bits per heavy atom. The van der Waals surface area contributed by atoms with Gasteiger partial charge in [-0.3, -0.25) is 0 Å². The number of rotatable bonds is 7. The lowest BCUT2D eigenvalue weighted by molar-refractivity contribution is 0.249. The monoisotopic (exact) mass is 224 g/mol. The molecule has 0 amide bonds. The summed E-state index contributed by atoms with van der Waals surface area (Å²) in [7, 11) is 2.18. The number of hydrogen-bond donors (Lipinski definition) is 1. The molecule has 1 rings (SSSR count). The molecule has 3 nitrogen and oxygen atoms in total. The number of likely N-dealkylation sites (N-methyl/N-ethyl adjacent to an activating group) is 1. The van der Waals surface area contributed by atoms with Gasteiger partial charge in [-0.2, -0.15) is 0 Å². The lowest BCUT2D eigenvalue weighted by Crippen LogP contribution is -2.35. The van der Waals surface area contributed by atoms with Gasteiger partial charge in [0.2, 0.25) is 0 Å². The standard InChI is InChI=1S/C13H24N2O/c1-5-11(2)15(4)8-7-14-12(3)13-6-9-16-10-13/h6,9-12,14H,5,7-8H2,1-4H3. The average molecular weight is 224 g/mol. The maximum absolute atomic E-state index is 5.07. The van der Waals surface area contributed by atoms with Crippen LogP contribution in [0.4, 0.5) is 0 Å². The molecule has 1 aromatic rings. The molecular formula is C13H24N2O. The van der Waals surface area contributed by atoms with Crippen LogP contribution in [0.3, 0.4) is 0 Å². The minimum Gasteiger partial charge on any atom is -0.472 e. The van der Waals surface area contributed by atoms with E-state index < -0.39 is 0 Å². The molecule has 0 aromatic carbocycles. The third-order valence-electron chi connectivity index (χ3n) is 3.30. The van der Waals surface area contributed by atoms with Crippen LogP contribution in [-0.4, -0.2) is 31.1 Å². The lowest BCUT2D eigenvalue weighted by Gasteiger charge is -2.24. The van der Waals surface area contributed by atoms with E-state index in [1.165, 1.54) is 12.0 Å². The van der Waals surface area contributed by atoms with Gasteiger partial charge in [0.15, 0.2) is 0 Å².